The molecule has 0 unspecified atom stereocenters. The topological polar surface area (TPSA) is 94.0 Å². The summed E-state index contributed by atoms with van der Waals surface area (Å²) in [6.45, 7) is 1.81. The van der Waals surface area contributed by atoms with Crippen molar-refractivity contribution in [3.8, 4) is 22.6 Å². The van der Waals surface area contributed by atoms with Gasteiger partial charge in [-0.05, 0) is 49.1 Å². The minimum absolute atomic E-state index is 0.0136. The van der Waals surface area contributed by atoms with Gasteiger partial charge in [-0.1, -0.05) is 23.3 Å². The Kier molecular flexibility index (Phi) is 3.91. The molecule has 1 amide bonds. The van der Waals surface area contributed by atoms with Crippen LogP contribution in [0.4, 0.5) is 10.4 Å². The van der Waals surface area contributed by atoms with Crippen LogP contribution in [0.5, 0.6) is 0 Å². The molecule has 132 valence electrons. The van der Waals surface area contributed by atoms with Gasteiger partial charge in [0, 0.05) is 17.2 Å². The van der Waals surface area contributed by atoms with Crippen molar-refractivity contribution >= 4 is 11.9 Å². The molecule has 1 aromatic heterocycles. The Labute approximate surface area is 149 Å². The summed E-state index contributed by atoms with van der Waals surface area (Å²) in [5, 5.41) is 10.3. The maximum atomic E-state index is 15.0. The van der Waals surface area contributed by atoms with Crippen LogP contribution in [0.25, 0.3) is 22.6 Å². The summed E-state index contributed by atoms with van der Waals surface area (Å²) in [4.78, 5) is 12.3. The highest BCUT2D eigenvalue weighted by Gasteiger charge is 2.26. The van der Waals surface area contributed by atoms with Gasteiger partial charge in [0.1, 0.15) is 5.82 Å². The number of amides is 1. The first-order chi connectivity index (χ1) is 12.5. The average molecular weight is 352 g/mol. The highest BCUT2D eigenvalue weighted by atomic mass is 19.1. The number of nitrogen functional groups attached to an aromatic ring is 1. The fraction of sp³-hybridized carbons (Fsp3) is 0.211. The van der Waals surface area contributed by atoms with Gasteiger partial charge in [0.2, 0.25) is 5.89 Å². The zero-order valence-electron chi connectivity index (χ0n) is 14.1. The van der Waals surface area contributed by atoms with Crippen LogP contribution in [0.15, 0.2) is 40.8 Å². The third kappa shape index (κ3) is 3.03. The Balaban J connectivity index is 1.69. The molecule has 1 aliphatic rings. The number of halogens is 1. The molecule has 2 aromatic carbocycles. The van der Waals surface area contributed by atoms with Crippen molar-refractivity contribution in [3.63, 3.8) is 0 Å². The summed E-state index contributed by atoms with van der Waals surface area (Å²) in [7, 11) is 0. The second-order valence-corrected chi connectivity index (χ2v) is 6.39. The molecular formula is C19H17FN4O2. The van der Waals surface area contributed by atoms with E-state index in [9.17, 15) is 4.79 Å². The van der Waals surface area contributed by atoms with Crippen molar-refractivity contribution in [1.82, 2.24) is 15.5 Å². The number of nitrogens with two attached hydrogens (primary N) is 1. The van der Waals surface area contributed by atoms with Crippen molar-refractivity contribution in [3.05, 3.63) is 53.3 Å². The van der Waals surface area contributed by atoms with E-state index in [2.05, 4.69) is 15.5 Å². The summed E-state index contributed by atoms with van der Waals surface area (Å²) < 4.78 is 20.2. The summed E-state index contributed by atoms with van der Waals surface area (Å²) in [5.41, 5.74) is 8.00. The quantitative estimate of drug-likeness (QED) is 0.751. The second kappa shape index (κ2) is 6.25. The Morgan fingerprint density at radius 1 is 1.15 bits per heavy atom. The van der Waals surface area contributed by atoms with E-state index in [-0.39, 0.29) is 23.5 Å². The first-order valence-electron chi connectivity index (χ1n) is 8.32. The average Bonchev–Trinajstić information content (AvgIpc) is 3.33. The maximum Gasteiger partial charge on any atom is 0.313 e. The molecule has 6 nitrogen and oxygen atoms in total. The number of nitrogens with one attached hydrogen (secondary N) is 1. The van der Waals surface area contributed by atoms with Gasteiger partial charge in [-0.15, -0.1) is 5.10 Å². The van der Waals surface area contributed by atoms with Crippen LogP contribution in [-0.2, 0) is 0 Å². The Morgan fingerprint density at radius 2 is 1.85 bits per heavy atom. The van der Waals surface area contributed by atoms with Crippen molar-refractivity contribution in [2.24, 2.45) is 0 Å². The van der Waals surface area contributed by atoms with E-state index < -0.39 is 5.82 Å². The zero-order chi connectivity index (χ0) is 18.3. The SMILES string of the molecule is Cc1ccc(C(=O)NC2CC2)c(F)c1-c1ccc(-c2nnc(N)o2)cc1. The largest absolute Gasteiger partial charge is 0.404 e. The van der Waals surface area contributed by atoms with Gasteiger partial charge in [0.05, 0.1) is 5.56 Å². The number of benzene rings is 2. The van der Waals surface area contributed by atoms with E-state index in [0.29, 0.717) is 22.6 Å². The van der Waals surface area contributed by atoms with Crippen LogP contribution in [0, 0.1) is 12.7 Å². The summed E-state index contributed by atoms with van der Waals surface area (Å²) in [6, 6.07) is 10.4. The summed E-state index contributed by atoms with van der Waals surface area (Å²) in [5.74, 6) is -0.592. The van der Waals surface area contributed by atoms with Crippen LogP contribution >= 0.6 is 0 Å². The molecule has 1 saturated carbocycles. The Hall–Kier alpha value is -3.22. The molecule has 0 spiro atoms. The number of aryl methyl sites for hydroxylation is 1. The van der Waals surface area contributed by atoms with Crippen LogP contribution in [0.3, 0.4) is 0 Å². The standard InChI is InChI=1S/C19H17FN4O2/c1-10-2-9-14(17(25)22-13-7-8-13)16(20)15(10)11-3-5-12(6-4-11)18-23-24-19(21)26-18/h2-6,9,13H,7-8H2,1H3,(H2,21,24)(H,22,25). The normalized spacial score (nSPS) is 13.6. The molecular weight excluding hydrogens is 335 g/mol. The third-order valence-electron chi connectivity index (χ3n) is 4.37. The van der Waals surface area contributed by atoms with Crippen LogP contribution in [0.2, 0.25) is 0 Å². The molecule has 4 rings (SSSR count). The number of nitrogens with zero attached hydrogens (tertiary/aromatic N) is 2. The summed E-state index contributed by atoms with van der Waals surface area (Å²) in [6.07, 6.45) is 1.90. The van der Waals surface area contributed by atoms with E-state index in [1.807, 2.05) is 6.92 Å². The van der Waals surface area contributed by atoms with Crippen molar-refractivity contribution < 1.29 is 13.6 Å². The molecule has 0 aliphatic heterocycles. The van der Waals surface area contributed by atoms with Crippen LogP contribution in [0.1, 0.15) is 28.8 Å². The fourth-order valence-corrected chi connectivity index (χ4v) is 2.82. The molecule has 3 aromatic rings. The number of aromatic nitrogens is 2. The Bertz CT molecular complexity index is 978. The molecule has 0 radical (unpaired) electrons. The molecule has 3 N–H and O–H groups in total. The molecule has 0 atom stereocenters. The van der Waals surface area contributed by atoms with Gasteiger partial charge in [-0.25, -0.2) is 4.39 Å². The molecule has 1 heterocycles. The van der Waals surface area contributed by atoms with Crippen LogP contribution in [-0.4, -0.2) is 22.1 Å². The second-order valence-electron chi connectivity index (χ2n) is 6.39. The number of carbonyl (C=O) groups excluding carboxylic acids is 1. The van der Waals surface area contributed by atoms with Crippen LogP contribution < -0.4 is 11.1 Å². The van der Waals surface area contributed by atoms with Gasteiger partial charge in [0.15, 0.2) is 0 Å². The predicted octanol–water partition coefficient (Wildman–Crippen LogP) is 3.33. The number of rotatable bonds is 4. The highest BCUT2D eigenvalue weighted by Crippen LogP contribution is 2.31. The minimum Gasteiger partial charge on any atom is -0.404 e. The lowest BCUT2D eigenvalue weighted by molar-refractivity contribution is 0.0947. The number of carbonyl (C=O) groups is 1. The lowest BCUT2D eigenvalue weighted by Gasteiger charge is -2.12. The van der Waals surface area contributed by atoms with E-state index in [4.69, 9.17) is 10.2 Å². The number of hydrogen-bond donors (Lipinski definition) is 2. The third-order valence-corrected chi connectivity index (χ3v) is 4.37. The van der Waals surface area contributed by atoms with Gasteiger partial charge in [0.25, 0.3) is 5.91 Å². The van der Waals surface area contributed by atoms with E-state index in [0.717, 1.165) is 18.4 Å². The van der Waals surface area contributed by atoms with Gasteiger partial charge in [-0.3, -0.25) is 4.79 Å². The molecule has 7 heteroatoms. The lowest BCUT2D eigenvalue weighted by atomic mass is 9.96. The molecule has 26 heavy (non-hydrogen) atoms. The molecule has 1 aliphatic carbocycles. The highest BCUT2D eigenvalue weighted by molar-refractivity contribution is 5.96. The Morgan fingerprint density at radius 3 is 2.46 bits per heavy atom. The fourth-order valence-electron chi connectivity index (χ4n) is 2.82. The zero-order valence-corrected chi connectivity index (χ0v) is 14.1. The summed E-state index contributed by atoms with van der Waals surface area (Å²) >= 11 is 0. The molecule has 0 saturated heterocycles. The number of anilines is 1. The smallest absolute Gasteiger partial charge is 0.313 e. The van der Waals surface area contributed by atoms with Gasteiger partial charge >= 0.3 is 6.01 Å². The van der Waals surface area contributed by atoms with E-state index in [1.165, 1.54) is 6.07 Å². The predicted molar refractivity (Wildman–Crippen MR) is 94.8 cm³/mol. The van der Waals surface area contributed by atoms with Gasteiger partial charge in [-0.2, -0.15) is 0 Å². The monoisotopic (exact) mass is 352 g/mol. The van der Waals surface area contributed by atoms with Crippen molar-refractivity contribution in [2.75, 3.05) is 5.73 Å². The van der Waals surface area contributed by atoms with E-state index >= 15 is 4.39 Å². The lowest BCUT2D eigenvalue weighted by Crippen LogP contribution is -2.26. The van der Waals surface area contributed by atoms with Crippen molar-refractivity contribution in [2.45, 2.75) is 25.8 Å². The molecule has 0 bridgehead atoms. The minimum atomic E-state index is -0.516. The van der Waals surface area contributed by atoms with E-state index in [1.54, 1.807) is 30.3 Å². The maximum absolute atomic E-state index is 15.0. The van der Waals surface area contributed by atoms with Gasteiger partial charge < -0.3 is 15.5 Å². The van der Waals surface area contributed by atoms with Crippen molar-refractivity contribution in [1.29, 1.82) is 0 Å². The number of hydrogen-bond acceptors (Lipinski definition) is 5. The first kappa shape index (κ1) is 16.3. The molecule has 1 fully saturated rings. The first-order valence-corrected chi connectivity index (χ1v) is 8.32.